The van der Waals surface area contributed by atoms with Crippen LogP contribution in [0, 0.1) is 0 Å². The fourth-order valence-corrected chi connectivity index (χ4v) is 1.85. The number of hydrogen-bond acceptors (Lipinski definition) is 4. The highest BCUT2D eigenvalue weighted by atomic mass is 16.5. The van der Waals surface area contributed by atoms with Crippen molar-refractivity contribution in [3.63, 3.8) is 0 Å². The molecule has 0 radical (unpaired) electrons. The van der Waals surface area contributed by atoms with Gasteiger partial charge in [0, 0.05) is 12.2 Å². The minimum atomic E-state index is -0.380. The molecule has 1 N–H and O–H groups in total. The Labute approximate surface area is 88.7 Å². The highest BCUT2D eigenvalue weighted by molar-refractivity contribution is 5.87. The van der Waals surface area contributed by atoms with Gasteiger partial charge in [0.1, 0.15) is 5.69 Å². The largest absolute Gasteiger partial charge is 0.464 e. The smallest absolute Gasteiger partial charge is 0.356 e. The lowest BCUT2D eigenvalue weighted by molar-refractivity contribution is 0.0594. The summed E-state index contributed by atoms with van der Waals surface area (Å²) in [6.45, 7) is 1.04. The minimum Gasteiger partial charge on any atom is -0.464 e. The molecular weight excluding hydrogens is 192 g/mol. The Morgan fingerprint density at radius 2 is 2.53 bits per heavy atom. The van der Waals surface area contributed by atoms with E-state index in [1.807, 2.05) is 6.07 Å². The Kier molecular flexibility index (Phi) is 2.97. The van der Waals surface area contributed by atoms with Gasteiger partial charge in [-0.1, -0.05) is 0 Å². The van der Waals surface area contributed by atoms with Gasteiger partial charge < -0.3 is 10.1 Å². The molecule has 0 aliphatic carbocycles. The summed E-state index contributed by atoms with van der Waals surface area (Å²) in [5.41, 5.74) is 1.49. The Morgan fingerprint density at radius 3 is 3.20 bits per heavy atom. The van der Waals surface area contributed by atoms with Crippen molar-refractivity contribution in [1.82, 2.24) is 10.3 Å². The summed E-state index contributed by atoms with van der Waals surface area (Å²) in [4.78, 5) is 15.3. The molecule has 0 saturated carbocycles. The van der Waals surface area contributed by atoms with Crippen LogP contribution in [0.3, 0.4) is 0 Å². The molecule has 0 amide bonds. The lowest BCUT2D eigenvalue weighted by Gasteiger charge is -2.10. The van der Waals surface area contributed by atoms with Crippen LogP contribution >= 0.6 is 0 Å². The van der Waals surface area contributed by atoms with Crippen molar-refractivity contribution in [2.75, 3.05) is 13.7 Å². The maximum absolute atomic E-state index is 11.3. The van der Waals surface area contributed by atoms with E-state index in [1.54, 1.807) is 12.3 Å². The number of esters is 1. The molecule has 0 bridgehead atoms. The number of rotatable bonds is 2. The van der Waals surface area contributed by atoms with Crippen molar-refractivity contribution in [3.05, 3.63) is 29.6 Å². The second-order valence-corrected chi connectivity index (χ2v) is 3.61. The molecule has 1 aliphatic heterocycles. The number of aromatic nitrogens is 1. The molecule has 1 aliphatic rings. The summed E-state index contributed by atoms with van der Waals surface area (Å²) in [6, 6.07) is 4.10. The highest BCUT2D eigenvalue weighted by Crippen LogP contribution is 2.22. The zero-order valence-electron chi connectivity index (χ0n) is 8.69. The molecule has 1 fully saturated rings. The van der Waals surface area contributed by atoms with Gasteiger partial charge in [-0.05, 0) is 37.1 Å². The third-order valence-electron chi connectivity index (χ3n) is 2.64. The normalized spacial score (nSPS) is 20.2. The predicted molar refractivity (Wildman–Crippen MR) is 55.6 cm³/mol. The van der Waals surface area contributed by atoms with Crippen LogP contribution in [-0.2, 0) is 4.74 Å². The van der Waals surface area contributed by atoms with Crippen LogP contribution in [0.5, 0.6) is 0 Å². The molecule has 1 aromatic heterocycles. The molecule has 2 rings (SSSR count). The second kappa shape index (κ2) is 4.40. The summed E-state index contributed by atoms with van der Waals surface area (Å²) < 4.78 is 4.63. The van der Waals surface area contributed by atoms with Crippen LogP contribution < -0.4 is 5.32 Å². The Morgan fingerprint density at radius 1 is 1.67 bits per heavy atom. The van der Waals surface area contributed by atoms with Crippen molar-refractivity contribution in [2.24, 2.45) is 0 Å². The molecule has 4 nitrogen and oxygen atoms in total. The van der Waals surface area contributed by atoms with E-state index in [1.165, 1.54) is 13.5 Å². The molecule has 80 valence electrons. The maximum atomic E-state index is 11.3. The van der Waals surface area contributed by atoms with E-state index >= 15 is 0 Å². The van der Waals surface area contributed by atoms with E-state index in [-0.39, 0.29) is 5.97 Å². The van der Waals surface area contributed by atoms with Crippen molar-refractivity contribution in [3.8, 4) is 0 Å². The molecule has 0 aromatic carbocycles. The number of carbonyl (C=O) groups is 1. The van der Waals surface area contributed by atoms with E-state index in [2.05, 4.69) is 15.0 Å². The fraction of sp³-hybridized carbons (Fsp3) is 0.455. The van der Waals surface area contributed by atoms with Gasteiger partial charge in [-0.2, -0.15) is 0 Å². The molecule has 1 saturated heterocycles. The lowest BCUT2D eigenvalue weighted by atomic mass is 10.1. The lowest BCUT2D eigenvalue weighted by Crippen LogP contribution is -2.14. The number of pyridine rings is 1. The fourth-order valence-electron chi connectivity index (χ4n) is 1.85. The first-order chi connectivity index (χ1) is 7.31. The third kappa shape index (κ3) is 2.15. The topological polar surface area (TPSA) is 51.2 Å². The van der Waals surface area contributed by atoms with Crippen LogP contribution in [0.15, 0.2) is 18.3 Å². The SMILES string of the molecule is COC(=O)c1cc(C2CCCN2)ccn1. The van der Waals surface area contributed by atoms with E-state index in [0.717, 1.165) is 18.5 Å². The Bertz CT molecular complexity index is 359. The minimum absolute atomic E-state index is 0.358. The van der Waals surface area contributed by atoms with Crippen molar-refractivity contribution >= 4 is 5.97 Å². The van der Waals surface area contributed by atoms with E-state index < -0.39 is 0 Å². The van der Waals surface area contributed by atoms with Gasteiger partial charge in [0.05, 0.1) is 7.11 Å². The van der Waals surface area contributed by atoms with Gasteiger partial charge in [0.2, 0.25) is 0 Å². The van der Waals surface area contributed by atoms with Crippen LogP contribution in [-0.4, -0.2) is 24.6 Å². The van der Waals surface area contributed by atoms with Gasteiger partial charge in [0.15, 0.2) is 0 Å². The van der Waals surface area contributed by atoms with Crippen molar-refractivity contribution in [2.45, 2.75) is 18.9 Å². The molecule has 1 unspecified atom stereocenters. The maximum Gasteiger partial charge on any atom is 0.356 e. The zero-order chi connectivity index (χ0) is 10.7. The molecule has 1 atom stereocenters. The summed E-state index contributed by atoms with van der Waals surface area (Å²) in [5.74, 6) is -0.380. The van der Waals surface area contributed by atoms with Crippen LogP contribution in [0.4, 0.5) is 0 Å². The van der Waals surface area contributed by atoms with Gasteiger partial charge in [-0.15, -0.1) is 0 Å². The van der Waals surface area contributed by atoms with E-state index in [0.29, 0.717) is 11.7 Å². The molecule has 0 spiro atoms. The number of nitrogens with one attached hydrogen (secondary N) is 1. The summed E-state index contributed by atoms with van der Waals surface area (Å²) in [5, 5.41) is 3.38. The first kappa shape index (κ1) is 10.1. The first-order valence-electron chi connectivity index (χ1n) is 5.09. The molecule has 1 aromatic rings. The van der Waals surface area contributed by atoms with Crippen LogP contribution in [0.1, 0.15) is 34.9 Å². The quantitative estimate of drug-likeness (QED) is 0.741. The molecular formula is C11H14N2O2. The van der Waals surface area contributed by atoms with E-state index in [9.17, 15) is 4.79 Å². The van der Waals surface area contributed by atoms with Gasteiger partial charge in [-0.3, -0.25) is 0 Å². The number of ether oxygens (including phenoxy) is 1. The number of methoxy groups -OCH3 is 1. The van der Waals surface area contributed by atoms with Gasteiger partial charge in [0.25, 0.3) is 0 Å². The predicted octanol–water partition coefficient (Wildman–Crippen LogP) is 1.29. The third-order valence-corrected chi connectivity index (χ3v) is 2.64. The monoisotopic (exact) mass is 206 g/mol. The first-order valence-corrected chi connectivity index (χ1v) is 5.09. The molecule has 15 heavy (non-hydrogen) atoms. The summed E-state index contributed by atoms with van der Waals surface area (Å²) in [7, 11) is 1.37. The average Bonchev–Trinajstić information content (AvgIpc) is 2.82. The zero-order valence-corrected chi connectivity index (χ0v) is 8.69. The Balaban J connectivity index is 2.21. The van der Waals surface area contributed by atoms with Crippen molar-refractivity contribution in [1.29, 1.82) is 0 Å². The van der Waals surface area contributed by atoms with Gasteiger partial charge >= 0.3 is 5.97 Å². The molecule has 2 heterocycles. The molecule has 4 heteroatoms. The van der Waals surface area contributed by atoms with Crippen LogP contribution in [0.2, 0.25) is 0 Å². The van der Waals surface area contributed by atoms with Crippen LogP contribution in [0.25, 0.3) is 0 Å². The number of carbonyl (C=O) groups excluding carboxylic acids is 1. The summed E-state index contributed by atoms with van der Waals surface area (Å²) >= 11 is 0. The summed E-state index contributed by atoms with van der Waals surface area (Å²) in [6.07, 6.45) is 3.95. The van der Waals surface area contributed by atoms with Gasteiger partial charge in [-0.25, -0.2) is 9.78 Å². The standard InChI is InChI=1S/C11H14N2O2/c1-15-11(14)10-7-8(4-6-13-10)9-3-2-5-12-9/h4,6-7,9,12H,2-3,5H2,1H3. The number of nitrogens with zero attached hydrogens (tertiary/aromatic N) is 1. The van der Waals surface area contributed by atoms with Crippen molar-refractivity contribution < 1.29 is 9.53 Å². The highest BCUT2D eigenvalue weighted by Gasteiger charge is 2.17. The average molecular weight is 206 g/mol. The second-order valence-electron chi connectivity index (χ2n) is 3.61. The number of hydrogen-bond donors (Lipinski definition) is 1. The Hall–Kier alpha value is -1.42. The van der Waals surface area contributed by atoms with E-state index in [4.69, 9.17) is 0 Å².